The Morgan fingerprint density at radius 1 is 1.04 bits per heavy atom. The van der Waals surface area contributed by atoms with E-state index in [0.717, 1.165) is 16.9 Å². The van der Waals surface area contributed by atoms with E-state index in [1.165, 1.54) is 7.11 Å². The molecular formula is C20H23ClN4O3. The highest BCUT2D eigenvalue weighted by Crippen LogP contribution is 2.26. The Bertz CT molecular complexity index is 853. The number of esters is 1. The van der Waals surface area contributed by atoms with Crippen molar-refractivity contribution in [1.29, 1.82) is 5.41 Å². The molecule has 28 heavy (non-hydrogen) atoms. The van der Waals surface area contributed by atoms with Crippen molar-refractivity contribution >= 4 is 41.6 Å². The molecule has 1 aliphatic heterocycles. The number of carbonyl (C=O) groups excluding carboxylic acids is 2. The minimum Gasteiger partial charge on any atom is -0.469 e. The molecule has 1 fully saturated rings. The second-order valence-electron chi connectivity index (χ2n) is 6.29. The highest BCUT2D eigenvalue weighted by Gasteiger charge is 2.30. The topological polar surface area (TPSA) is 99.7 Å². The highest BCUT2D eigenvalue weighted by molar-refractivity contribution is 6.06. The van der Waals surface area contributed by atoms with Gasteiger partial charge >= 0.3 is 12.0 Å². The first kappa shape index (κ1) is 21.2. The van der Waals surface area contributed by atoms with E-state index < -0.39 is 0 Å². The number of urea groups is 1. The zero-order chi connectivity index (χ0) is 19.4. The lowest BCUT2D eigenvalue weighted by atomic mass is 10.1. The summed E-state index contributed by atoms with van der Waals surface area (Å²) >= 11 is 0. The molecule has 2 aromatic carbocycles. The van der Waals surface area contributed by atoms with Gasteiger partial charge in [-0.3, -0.25) is 20.0 Å². The van der Waals surface area contributed by atoms with E-state index in [1.54, 1.807) is 34.1 Å². The lowest BCUT2D eigenvalue weighted by Crippen LogP contribution is -2.31. The Morgan fingerprint density at radius 3 is 2.00 bits per heavy atom. The maximum Gasteiger partial charge on any atom is 0.329 e. The summed E-state index contributed by atoms with van der Waals surface area (Å²) in [5, 5.41) is 7.44. The predicted octanol–water partition coefficient (Wildman–Crippen LogP) is 2.94. The summed E-state index contributed by atoms with van der Waals surface area (Å²) < 4.78 is 4.65. The average Bonchev–Trinajstić information content (AvgIpc) is 3.08. The number of nitrogen functional groups attached to an aromatic ring is 1. The molecule has 8 heteroatoms. The molecule has 0 spiro atoms. The number of amides is 2. The minimum absolute atomic E-state index is 0. The first-order valence-corrected chi connectivity index (χ1v) is 8.69. The maximum atomic E-state index is 12.8. The third-order valence-corrected chi connectivity index (χ3v) is 4.59. The third-order valence-electron chi connectivity index (χ3n) is 4.59. The summed E-state index contributed by atoms with van der Waals surface area (Å²) in [4.78, 5) is 27.5. The van der Waals surface area contributed by atoms with Crippen LogP contribution in [0, 0.1) is 5.41 Å². The molecule has 3 rings (SSSR count). The number of methoxy groups -OCH3 is 1. The molecule has 0 saturated carbocycles. The van der Waals surface area contributed by atoms with Crippen LogP contribution in [0.15, 0.2) is 48.5 Å². The van der Waals surface area contributed by atoms with E-state index in [4.69, 9.17) is 11.1 Å². The molecule has 0 unspecified atom stereocenters. The van der Waals surface area contributed by atoms with Crippen molar-refractivity contribution in [2.24, 2.45) is 5.73 Å². The smallest absolute Gasteiger partial charge is 0.329 e. The van der Waals surface area contributed by atoms with Crippen molar-refractivity contribution < 1.29 is 14.3 Å². The predicted molar refractivity (Wildman–Crippen MR) is 112 cm³/mol. The Morgan fingerprint density at radius 2 is 1.54 bits per heavy atom. The molecule has 1 aliphatic rings. The van der Waals surface area contributed by atoms with Gasteiger partial charge < -0.3 is 10.5 Å². The van der Waals surface area contributed by atoms with Gasteiger partial charge in [0, 0.05) is 36.4 Å². The molecule has 0 radical (unpaired) electrons. The number of rotatable bonds is 6. The zero-order valence-corrected chi connectivity index (χ0v) is 16.4. The fraction of sp³-hybridized carbons (Fsp3) is 0.250. The Balaban J connectivity index is 0.00000280. The molecule has 1 saturated heterocycles. The van der Waals surface area contributed by atoms with E-state index in [1.807, 2.05) is 24.3 Å². The molecule has 0 bridgehead atoms. The van der Waals surface area contributed by atoms with E-state index in [-0.39, 0.29) is 30.2 Å². The number of nitrogens with two attached hydrogens (primary N) is 1. The van der Waals surface area contributed by atoms with Crippen LogP contribution in [0.25, 0.3) is 0 Å². The largest absolute Gasteiger partial charge is 0.469 e. The van der Waals surface area contributed by atoms with Crippen LogP contribution in [0.5, 0.6) is 0 Å². The van der Waals surface area contributed by atoms with Gasteiger partial charge in [0.1, 0.15) is 5.84 Å². The minimum atomic E-state index is -0.236. The van der Waals surface area contributed by atoms with Gasteiger partial charge in [0.25, 0.3) is 0 Å². The number of nitrogens with zero attached hydrogens (tertiary/aromatic N) is 2. The standard InChI is InChI=1S/C20H22N4O3.ClH/c1-27-18(25)11-4-14-2-7-16(8-3-14)23-12-13-24(20(23)26)17-9-5-15(6-10-17)19(21)22;/h2-3,5-10H,4,11-13H2,1H3,(H3,21,22);1H. The molecule has 7 nitrogen and oxygen atoms in total. The Kier molecular flexibility index (Phi) is 7.00. The first-order chi connectivity index (χ1) is 13.0. The van der Waals surface area contributed by atoms with Crippen LogP contribution < -0.4 is 15.5 Å². The van der Waals surface area contributed by atoms with Crippen molar-refractivity contribution in [3.8, 4) is 0 Å². The summed E-state index contributed by atoms with van der Waals surface area (Å²) in [5.41, 5.74) is 8.72. The summed E-state index contributed by atoms with van der Waals surface area (Å²) in [5.74, 6) is -0.233. The second-order valence-corrected chi connectivity index (χ2v) is 6.29. The molecule has 0 aliphatic carbocycles. The molecule has 148 valence electrons. The van der Waals surface area contributed by atoms with Crippen molar-refractivity contribution in [2.45, 2.75) is 12.8 Å². The molecule has 2 aromatic rings. The summed E-state index contributed by atoms with van der Waals surface area (Å²) in [6, 6.07) is 14.6. The van der Waals surface area contributed by atoms with Gasteiger partial charge in [-0.1, -0.05) is 12.1 Å². The van der Waals surface area contributed by atoms with Gasteiger partial charge in [-0.05, 0) is 48.4 Å². The van der Waals surface area contributed by atoms with Gasteiger partial charge in [0.05, 0.1) is 7.11 Å². The molecule has 3 N–H and O–H groups in total. The quantitative estimate of drug-likeness (QED) is 0.440. The third kappa shape index (κ3) is 4.61. The van der Waals surface area contributed by atoms with Crippen LogP contribution in [0.1, 0.15) is 17.5 Å². The number of anilines is 2. The fourth-order valence-electron chi connectivity index (χ4n) is 3.03. The van der Waals surface area contributed by atoms with Crippen LogP contribution >= 0.6 is 12.4 Å². The van der Waals surface area contributed by atoms with Gasteiger partial charge in [0.2, 0.25) is 0 Å². The number of carbonyl (C=O) groups is 2. The van der Waals surface area contributed by atoms with E-state index in [9.17, 15) is 9.59 Å². The van der Waals surface area contributed by atoms with Crippen molar-refractivity contribution in [2.75, 3.05) is 30.0 Å². The average molecular weight is 403 g/mol. The Hall–Kier alpha value is -3.06. The van der Waals surface area contributed by atoms with Crippen LogP contribution in [-0.2, 0) is 16.0 Å². The van der Waals surface area contributed by atoms with Crippen LogP contribution in [0.3, 0.4) is 0 Å². The number of amidine groups is 1. The highest BCUT2D eigenvalue weighted by atomic mass is 35.5. The van der Waals surface area contributed by atoms with Crippen molar-refractivity contribution in [3.63, 3.8) is 0 Å². The fourth-order valence-corrected chi connectivity index (χ4v) is 3.03. The van der Waals surface area contributed by atoms with Crippen LogP contribution in [-0.4, -0.2) is 38.0 Å². The summed E-state index contributed by atoms with van der Waals surface area (Å²) in [6.07, 6.45) is 0.943. The summed E-state index contributed by atoms with van der Waals surface area (Å²) in [6.45, 7) is 1.18. The molecule has 2 amide bonds. The molecular weight excluding hydrogens is 380 g/mol. The van der Waals surface area contributed by atoms with Gasteiger partial charge in [-0.15, -0.1) is 12.4 Å². The van der Waals surface area contributed by atoms with Gasteiger partial charge in [0.15, 0.2) is 0 Å². The molecule has 1 heterocycles. The van der Waals surface area contributed by atoms with Crippen LogP contribution in [0.2, 0.25) is 0 Å². The number of aryl methyl sites for hydroxylation is 1. The normalized spacial score (nSPS) is 13.2. The monoisotopic (exact) mass is 402 g/mol. The number of hydrogen-bond acceptors (Lipinski definition) is 4. The second kappa shape index (κ2) is 9.23. The number of nitrogens with one attached hydrogen (secondary N) is 1. The Labute approximate surface area is 170 Å². The molecule has 0 aromatic heterocycles. The SMILES string of the molecule is COC(=O)CCc1ccc(N2CCN(c3ccc(C(=N)N)cc3)C2=O)cc1.Cl. The number of halogens is 1. The number of ether oxygens (including phenoxy) is 1. The number of benzene rings is 2. The van der Waals surface area contributed by atoms with Crippen LogP contribution in [0.4, 0.5) is 16.2 Å². The van der Waals surface area contributed by atoms with Gasteiger partial charge in [-0.2, -0.15) is 0 Å². The van der Waals surface area contributed by atoms with Crippen molar-refractivity contribution in [1.82, 2.24) is 0 Å². The first-order valence-electron chi connectivity index (χ1n) is 8.69. The lowest BCUT2D eigenvalue weighted by molar-refractivity contribution is -0.140. The van der Waals surface area contributed by atoms with E-state index in [2.05, 4.69) is 4.74 Å². The zero-order valence-electron chi connectivity index (χ0n) is 15.6. The summed E-state index contributed by atoms with van der Waals surface area (Å²) in [7, 11) is 1.38. The lowest BCUT2D eigenvalue weighted by Gasteiger charge is -2.19. The maximum absolute atomic E-state index is 12.8. The van der Waals surface area contributed by atoms with E-state index in [0.29, 0.717) is 31.5 Å². The van der Waals surface area contributed by atoms with Crippen molar-refractivity contribution in [3.05, 3.63) is 59.7 Å². The number of hydrogen-bond donors (Lipinski definition) is 2. The van der Waals surface area contributed by atoms with E-state index >= 15 is 0 Å². The molecule has 0 atom stereocenters. The van der Waals surface area contributed by atoms with Gasteiger partial charge in [-0.25, -0.2) is 4.79 Å².